The molecular weight excluding hydrogens is 312 g/mol. The third-order valence-corrected chi connectivity index (χ3v) is 5.34. The molecule has 1 saturated heterocycles. The number of benzene rings is 1. The van der Waals surface area contributed by atoms with Gasteiger partial charge in [0.15, 0.2) is 5.78 Å². The van der Waals surface area contributed by atoms with E-state index in [4.69, 9.17) is 0 Å². The van der Waals surface area contributed by atoms with Gasteiger partial charge in [-0.15, -0.1) is 0 Å². The number of pyridine rings is 1. The largest absolute Gasteiger partial charge is 0.332 e. The molecule has 2 aromatic rings. The maximum Gasteiger partial charge on any atom is 0.254 e. The summed E-state index contributed by atoms with van der Waals surface area (Å²) in [6.07, 6.45) is 9.05. The molecule has 1 amide bonds. The van der Waals surface area contributed by atoms with Gasteiger partial charge in [0.05, 0.1) is 6.04 Å². The van der Waals surface area contributed by atoms with Crippen LogP contribution in [0.15, 0.2) is 42.7 Å². The van der Waals surface area contributed by atoms with E-state index in [9.17, 15) is 9.59 Å². The highest BCUT2D eigenvalue weighted by molar-refractivity contribution is 6.00. The van der Waals surface area contributed by atoms with Crippen LogP contribution in [0.4, 0.5) is 0 Å². The molecule has 25 heavy (non-hydrogen) atoms. The van der Waals surface area contributed by atoms with E-state index in [0.717, 1.165) is 55.3 Å². The van der Waals surface area contributed by atoms with Crippen molar-refractivity contribution in [2.45, 2.75) is 44.6 Å². The fraction of sp³-hybridized carbons (Fsp3) is 0.381. The molecule has 4 heteroatoms. The van der Waals surface area contributed by atoms with Gasteiger partial charge in [0, 0.05) is 36.5 Å². The van der Waals surface area contributed by atoms with Gasteiger partial charge in [-0.05, 0) is 61.4 Å². The van der Waals surface area contributed by atoms with Gasteiger partial charge in [0.1, 0.15) is 0 Å². The maximum atomic E-state index is 13.1. The first-order valence-corrected chi connectivity index (χ1v) is 9.11. The number of amides is 1. The Morgan fingerprint density at radius 1 is 1.12 bits per heavy atom. The average molecular weight is 334 g/mol. The number of hydrogen-bond acceptors (Lipinski definition) is 3. The summed E-state index contributed by atoms with van der Waals surface area (Å²) in [5.41, 5.74) is 3.63. The van der Waals surface area contributed by atoms with Gasteiger partial charge in [0.25, 0.3) is 5.91 Å². The highest BCUT2D eigenvalue weighted by Gasteiger charge is 2.31. The van der Waals surface area contributed by atoms with Crippen molar-refractivity contribution in [3.8, 4) is 0 Å². The Balaban J connectivity index is 1.62. The zero-order valence-corrected chi connectivity index (χ0v) is 14.3. The van der Waals surface area contributed by atoms with Crippen molar-refractivity contribution < 1.29 is 9.59 Å². The molecule has 0 spiro atoms. The zero-order chi connectivity index (χ0) is 17.2. The molecule has 1 aromatic heterocycles. The van der Waals surface area contributed by atoms with Crippen LogP contribution in [0.25, 0.3) is 0 Å². The Morgan fingerprint density at radius 3 is 2.84 bits per heavy atom. The molecule has 0 radical (unpaired) electrons. The third kappa shape index (κ3) is 3.09. The molecule has 1 fully saturated rings. The minimum Gasteiger partial charge on any atom is -0.332 e. The second-order valence-corrected chi connectivity index (χ2v) is 6.95. The first kappa shape index (κ1) is 16.0. The number of hydrogen-bond donors (Lipinski definition) is 0. The standard InChI is InChI=1S/C21H22N2O2/c24-20-8-2-1-5-15-13-16(9-10-18(15)20)21(25)23-12-4-7-19(23)17-6-3-11-22-14-17/h3,6,9-11,13-14,19H,1-2,4-5,7-8,12H2. The summed E-state index contributed by atoms with van der Waals surface area (Å²) >= 11 is 0. The lowest BCUT2D eigenvalue weighted by Crippen LogP contribution is -2.30. The number of rotatable bonds is 2. The summed E-state index contributed by atoms with van der Waals surface area (Å²) in [6.45, 7) is 0.772. The molecule has 1 aliphatic heterocycles. The topological polar surface area (TPSA) is 50.3 Å². The van der Waals surface area contributed by atoms with E-state index >= 15 is 0 Å². The van der Waals surface area contributed by atoms with Gasteiger partial charge in [-0.3, -0.25) is 14.6 Å². The Hall–Kier alpha value is -2.49. The number of aromatic nitrogens is 1. The Kier molecular flexibility index (Phi) is 4.35. The highest BCUT2D eigenvalue weighted by atomic mass is 16.2. The van der Waals surface area contributed by atoms with Crippen molar-refractivity contribution >= 4 is 11.7 Å². The van der Waals surface area contributed by atoms with Crippen molar-refractivity contribution in [3.05, 3.63) is 65.0 Å². The molecule has 1 aromatic carbocycles. The lowest BCUT2D eigenvalue weighted by molar-refractivity contribution is 0.0735. The monoisotopic (exact) mass is 334 g/mol. The summed E-state index contributed by atoms with van der Waals surface area (Å²) in [5.74, 6) is 0.270. The highest BCUT2D eigenvalue weighted by Crippen LogP contribution is 2.33. The van der Waals surface area contributed by atoms with Crippen LogP contribution in [0.2, 0.25) is 0 Å². The normalized spacial score (nSPS) is 20.2. The first-order chi connectivity index (χ1) is 12.2. The quantitative estimate of drug-likeness (QED) is 0.781. The van der Waals surface area contributed by atoms with Gasteiger partial charge in [-0.1, -0.05) is 12.1 Å². The molecule has 0 bridgehead atoms. The molecule has 2 heterocycles. The minimum absolute atomic E-state index is 0.0610. The van der Waals surface area contributed by atoms with Crippen LogP contribution in [0.5, 0.6) is 0 Å². The molecule has 1 atom stereocenters. The van der Waals surface area contributed by atoms with Gasteiger partial charge >= 0.3 is 0 Å². The van der Waals surface area contributed by atoms with E-state index in [2.05, 4.69) is 4.98 Å². The van der Waals surface area contributed by atoms with Crippen LogP contribution >= 0.6 is 0 Å². The van der Waals surface area contributed by atoms with E-state index in [1.54, 1.807) is 6.20 Å². The fourth-order valence-corrected chi connectivity index (χ4v) is 4.04. The summed E-state index contributed by atoms with van der Waals surface area (Å²) in [6, 6.07) is 9.68. The average Bonchev–Trinajstić information content (AvgIpc) is 3.07. The van der Waals surface area contributed by atoms with Crippen molar-refractivity contribution in [3.63, 3.8) is 0 Å². The summed E-state index contributed by atoms with van der Waals surface area (Å²) in [4.78, 5) is 31.4. The summed E-state index contributed by atoms with van der Waals surface area (Å²) in [5, 5.41) is 0. The molecular formula is C21H22N2O2. The Morgan fingerprint density at radius 2 is 2.00 bits per heavy atom. The number of carbonyl (C=O) groups excluding carboxylic acids is 2. The molecule has 0 N–H and O–H groups in total. The van der Waals surface area contributed by atoms with Crippen LogP contribution in [0.1, 0.15) is 70.0 Å². The first-order valence-electron chi connectivity index (χ1n) is 9.11. The van der Waals surface area contributed by atoms with E-state index in [0.29, 0.717) is 12.0 Å². The van der Waals surface area contributed by atoms with E-state index in [1.165, 1.54) is 0 Å². The minimum atomic E-state index is 0.0610. The van der Waals surface area contributed by atoms with Crippen molar-refractivity contribution in [2.75, 3.05) is 6.54 Å². The Labute approximate surface area is 147 Å². The summed E-state index contributed by atoms with van der Waals surface area (Å²) < 4.78 is 0. The molecule has 1 unspecified atom stereocenters. The lowest BCUT2D eigenvalue weighted by atomic mass is 9.98. The molecule has 1 aliphatic carbocycles. The SMILES string of the molecule is O=C1CCCCc2cc(C(=O)N3CCCC3c3cccnc3)ccc21. The number of ketones is 1. The molecule has 4 nitrogen and oxygen atoms in total. The summed E-state index contributed by atoms with van der Waals surface area (Å²) in [7, 11) is 0. The van der Waals surface area contributed by atoms with Gasteiger partial charge in [-0.25, -0.2) is 0 Å². The number of Topliss-reactive ketones (excluding diaryl/α,β-unsaturated/α-hetero) is 1. The van der Waals surface area contributed by atoms with Crippen LogP contribution in [-0.2, 0) is 6.42 Å². The van der Waals surface area contributed by atoms with E-state index in [1.807, 2.05) is 41.4 Å². The third-order valence-electron chi connectivity index (χ3n) is 5.34. The van der Waals surface area contributed by atoms with Crippen molar-refractivity contribution in [2.24, 2.45) is 0 Å². The van der Waals surface area contributed by atoms with Crippen LogP contribution in [0, 0.1) is 0 Å². The number of nitrogens with zero attached hydrogens (tertiary/aromatic N) is 2. The van der Waals surface area contributed by atoms with Crippen LogP contribution < -0.4 is 0 Å². The fourth-order valence-electron chi connectivity index (χ4n) is 4.04. The maximum absolute atomic E-state index is 13.1. The number of aryl methyl sites for hydroxylation is 1. The smallest absolute Gasteiger partial charge is 0.254 e. The lowest BCUT2D eigenvalue weighted by Gasteiger charge is -2.25. The van der Waals surface area contributed by atoms with Gasteiger partial charge in [0.2, 0.25) is 0 Å². The zero-order valence-electron chi connectivity index (χ0n) is 14.3. The second kappa shape index (κ2) is 6.79. The predicted octanol–water partition coefficient (Wildman–Crippen LogP) is 3.97. The molecule has 0 saturated carbocycles. The molecule has 2 aliphatic rings. The van der Waals surface area contributed by atoms with Crippen LogP contribution in [-0.4, -0.2) is 28.1 Å². The number of carbonyl (C=O) groups is 2. The van der Waals surface area contributed by atoms with Crippen LogP contribution in [0.3, 0.4) is 0 Å². The van der Waals surface area contributed by atoms with Crippen molar-refractivity contribution in [1.29, 1.82) is 0 Å². The molecule has 4 rings (SSSR count). The van der Waals surface area contributed by atoms with Crippen molar-refractivity contribution in [1.82, 2.24) is 9.88 Å². The predicted molar refractivity (Wildman–Crippen MR) is 95.6 cm³/mol. The Bertz CT molecular complexity index is 801. The van der Waals surface area contributed by atoms with Gasteiger partial charge in [-0.2, -0.15) is 0 Å². The van der Waals surface area contributed by atoms with E-state index in [-0.39, 0.29) is 17.7 Å². The van der Waals surface area contributed by atoms with Gasteiger partial charge < -0.3 is 4.90 Å². The van der Waals surface area contributed by atoms with E-state index < -0.39 is 0 Å². The molecule has 128 valence electrons. The second-order valence-electron chi connectivity index (χ2n) is 6.95. The number of likely N-dealkylation sites (tertiary alicyclic amines) is 1. The number of fused-ring (bicyclic) bond motifs is 1.